The van der Waals surface area contributed by atoms with Crippen molar-refractivity contribution in [2.75, 3.05) is 13.2 Å². The van der Waals surface area contributed by atoms with Crippen LogP contribution in [0.3, 0.4) is 0 Å². The summed E-state index contributed by atoms with van der Waals surface area (Å²) < 4.78 is 11.8. The fourth-order valence-electron chi connectivity index (χ4n) is 1.62. The molecule has 2 aromatic rings. The average molecular weight is 373 g/mol. The third kappa shape index (κ3) is 4.61. The third-order valence-electron chi connectivity index (χ3n) is 2.52. The van der Waals surface area contributed by atoms with E-state index in [1.54, 1.807) is 6.07 Å². The van der Waals surface area contributed by atoms with E-state index in [2.05, 4.69) is 15.9 Å². The predicted molar refractivity (Wildman–Crippen MR) is 83.2 cm³/mol. The zero-order valence-electron chi connectivity index (χ0n) is 10.8. The monoisotopic (exact) mass is 371 g/mol. The minimum atomic E-state index is -0.531. The number of nitrogens with zero attached hydrogens (tertiary/aromatic N) is 1. The SMILES string of the molecule is O=[N+]([O-])c1cc(Cl)ccc1OCCOc1cccc(Br)c1. The standard InChI is InChI=1S/C14H11BrClNO4/c15-10-2-1-3-12(8-10)20-6-7-21-14-5-4-11(16)9-13(14)17(18)19/h1-5,8-9H,6-7H2. The van der Waals surface area contributed by atoms with Crippen LogP contribution in [0.25, 0.3) is 0 Å². The number of nitro benzene ring substituents is 1. The summed E-state index contributed by atoms with van der Waals surface area (Å²) in [7, 11) is 0. The Balaban J connectivity index is 1.90. The van der Waals surface area contributed by atoms with Gasteiger partial charge >= 0.3 is 5.69 Å². The van der Waals surface area contributed by atoms with Gasteiger partial charge in [-0.3, -0.25) is 10.1 Å². The number of hydrogen-bond donors (Lipinski definition) is 0. The molecule has 0 aliphatic rings. The molecule has 0 amide bonds. The Bertz CT molecular complexity index is 651. The lowest BCUT2D eigenvalue weighted by Gasteiger charge is -2.09. The topological polar surface area (TPSA) is 61.6 Å². The van der Waals surface area contributed by atoms with Crippen molar-refractivity contribution < 1.29 is 14.4 Å². The number of rotatable bonds is 6. The summed E-state index contributed by atoms with van der Waals surface area (Å²) in [5, 5.41) is 11.2. The van der Waals surface area contributed by atoms with Crippen molar-refractivity contribution in [2.24, 2.45) is 0 Å². The van der Waals surface area contributed by atoms with Crippen molar-refractivity contribution in [1.29, 1.82) is 0 Å². The maximum Gasteiger partial charge on any atom is 0.312 e. The first-order chi connectivity index (χ1) is 10.1. The molecule has 5 nitrogen and oxygen atoms in total. The molecule has 0 bridgehead atoms. The van der Waals surface area contributed by atoms with Gasteiger partial charge in [0.2, 0.25) is 0 Å². The Hall–Kier alpha value is -1.79. The van der Waals surface area contributed by atoms with Crippen LogP contribution in [0.2, 0.25) is 5.02 Å². The van der Waals surface area contributed by atoms with Crippen LogP contribution in [0.1, 0.15) is 0 Å². The molecule has 0 aromatic heterocycles. The third-order valence-corrected chi connectivity index (χ3v) is 3.25. The average Bonchev–Trinajstić information content (AvgIpc) is 2.44. The van der Waals surface area contributed by atoms with Gasteiger partial charge in [0.05, 0.1) is 4.92 Å². The molecular weight excluding hydrogens is 362 g/mol. The van der Waals surface area contributed by atoms with Crippen LogP contribution in [0.4, 0.5) is 5.69 Å². The van der Waals surface area contributed by atoms with Crippen LogP contribution in [0.15, 0.2) is 46.9 Å². The predicted octanol–water partition coefficient (Wildman–Crippen LogP) is 4.47. The smallest absolute Gasteiger partial charge is 0.312 e. The first kappa shape index (κ1) is 15.6. The lowest BCUT2D eigenvalue weighted by Crippen LogP contribution is -2.09. The van der Waals surface area contributed by atoms with Crippen molar-refractivity contribution >= 4 is 33.2 Å². The van der Waals surface area contributed by atoms with Gasteiger partial charge < -0.3 is 9.47 Å². The van der Waals surface area contributed by atoms with E-state index in [0.29, 0.717) is 10.8 Å². The van der Waals surface area contributed by atoms with E-state index < -0.39 is 4.92 Å². The molecule has 21 heavy (non-hydrogen) atoms. The van der Waals surface area contributed by atoms with E-state index in [-0.39, 0.29) is 24.7 Å². The molecule has 0 atom stereocenters. The first-order valence-electron chi connectivity index (χ1n) is 6.01. The van der Waals surface area contributed by atoms with Crippen molar-refractivity contribution in [3.8, 4) is 11.5 Å². The Morgan fingerprint density at radius 3 is 2.62 bits per heavy atom. The van der Waals surface area contributed by atoms with Gasteiger partial charge in [0.15, 0.2) is 5.75 Å². The number of nitro groups is 1. The fraction of sp³-hybridized carbons (Fsp3) is 0.143. The van der Waals surface area contributed by atoms with Gasteiger partial charge in [0, 0.05) is 15.6 Å². The van der Waals surface area contributed by atoms with Gasteiger partial charge in [-0.25, -0.2) is 0 Å². The van der Waals surface area contributed by atoms with Gasteiger partial charge in [-0.1, -0.05) is 33.6 Å². The molecule has 110 valence electrons. The van der Waals surface area contributed by atoms with E-state index in [1.165, 1.54) is 12.1 Å². The molecule has 0 aliphatic heterocycles. The molecule has 0 saturated carbocycles. The van der Waals surface area contributed by atoms with Crippen LogP contribution in [0, 0.1) is 10.1 Å². The van der Waals surface area contributed by atoms with Crippen LogP contribution < -0.4 is 9.47 Å². The lowest BCUT2D eigenvalue weighted by molar-refractivity contribution is -0.385. The second-order valence-corrected chi connectivity index (χ2v) is 5.38. The molecule has 0 aliphatic carbocycles. The number of hydrogen-bond acceptors (Lipinski definition) is 4. The largest absolute Gasteiger partial charge is 0.490 e. The minimum absolute atomic E-state index is 0.162. The molecule has 0 unspecified atom stereocenters. The maximum absolute atomic E-state index is 10.9. The summed E-state index contributed by atoms with van der Waals surface area (Å²) >= 11 is 9.07. The van der Waals surface area contributed by atoms with E-state index in [9.17, 15) is 10.1 Å². The summed E-state index contributed by atoms with van der Waals surface area (Å²) in [6, 6.07) is 11.6. The highest BCUT2D eigenvalue weighted by Gasteiger charge is 2.15. The Morgan fingerprint density at radius 1 is 1.14 bits per heavy atom. The van der Waals surface area contributed by atoms with Gasteiger partial charge in [0.1, 0.15) is 19.0 Å². The van der Waals surface area contributed by atoms with Crippen LogP contribution in [0.5, 0.6) is 11.5 Å². The summed E-state index contributed by atoms with van der Waals surface area (Å²) in [6.07, 6.45) is 0. The summed E-state index contributed by atoms with van der Waals surface area (Å²) in [6.45, 7) is 0.464. The second-order valence-electron chi connectivity index (χ2n) is 4.02. The molecule has 0 fully saturated rings. The van der Waals surface area contributed by atoms with E-state index in [4.69, 9.17) is 21.1 Å². The molecule has 0 spiro atoms. The summed E-state index contributed by atoms with van der Waals surface area (Å²) in [4.78, 5) is 10.4. The Labute approximate surface area is 134 Å². The molecule has 0 radical (unpaired) electrons. The normalized spacial score (nSPS) is 10.2. The summed E-state index contributed by atoms with van der Waals surface area (Å²) in [5.41, 5.74) is -0.162. The molecule has 0 saturated heterocycles. The molecule has 2 aromatic carbocycles. The van der Waals surface area contributed by atoms with Crippen molar-refractivity contribution in [3.05, 3.63) is 62.1 Å². The van der Waals surface area contributed by atoms with E-state index >= 15 is 0 Å². The minimum Gasteiger partial charge on any atom is -0.490 e. The van der Waals surface area contributed by atoms with Crippen molar-refractivity contribution in [3.63, 3.8) is 0 Å². The quantitative estimate of drug-likeness (QED) is 0.426. The van der Waals surface area contributed by atoms with Gasteiger partial charge in [-0.2, -0.15) is 0 Å². The van der Waals surface area contributed by atoms with Crippen LogP contribution >= 0.6 is 27.5 Å². The van der Waals surface area contributed by atoms with Gasteiger partial charge in [-0.15, -0.1) is 0 Å². The van der Waals surface area contributed by atoms with E-state index in [0.717, 1.165) is 4.47 Å². The van der Waals surface area contributed by atoms with E-state index in [1.807, 2.05) is 24.3 Å². The highest BCUT2D eigenvalue weighted by Crippen LogP contribution is 2.29. The molecule has 2 rings (SSSR count). The number of ether oxygens (including phenoxy) is 2. The zero-order valence-corrected chi connectivity index (χ0v) is 13.1. The van der Waals surface area contributed by atoms with Crippen LogP contribution in [-0.4, -0.2) is 18.1 Å². The Kier molecular flexibility index (Phi) is 5.41. The van der Waals surface area contributed by atoms with Crippen molar-refractivity contribution in [2.45, 2.75) is 0 Å². The molecule has 7 heteroatoms. The number of halogens is 2. The number of benzene rings is 2. The second kappa shape index (κ2) is 7.28. The lowest BCUT2D eigenvalue weighted by atomic mass is 10.3. The fourth-order valence-corrected chi connectivity index (χ4v) is 2.17. The van der Waals surface area contributed by atoms with Crippen molar-refractivity contribution in [1.82, 2.24) is 0 Å². The highest BCUT2D eigenvalue weighted by atomic mass is 79.9. The van der Waals surface area contributed by atoms with Crippen LogP contribution in [-0.2, 0) is 0 Å². The summed E-state index contributed by atoms with van der Waals surface area (Å²) in [5.74, 6) is 0.862. The molecular formula is C14H11BrClNO4. The highest BCUT2D eigenvalue weighted by molar-refractivity contribution is 9.10. The zero-order chi connectivity index (χ0) is 15.2. The Morgan fingerprint density at radius 2 is 1.90 bits per heavy atom. The van der Waals surface area contributed by atoms with Gasteiger partial charge in [-0.05, 0) is 30.3 Å². The first-order valence-corrected chi connectivity index (χ1v) is 7.18. The molecule has 0 heterocycles. The maximum atomic E-state index is 10.9. The van der Waals surface area contributed by atoms with Gasteiger partial charge in [0.25, 0.3) is 0 Å². The molecule has 0 N–H and O–H groups in total.